The van der Waals surface area contributed by atoms with Crippen LogP contribution in [0.3, 0.4) is 0 Å². The maximum absolute atomic E-state index is 5.62. The molecule has 0 radical (unpaired) electrons. The predicted molar refractivity (Wildman–Crippen MR) is 90.0 cm³/mol. The van der Waals surface area contributed by atoms with Gasteiger partial charge in [-0.05, 0) is 59.6 Å². The lowest BCUT2D eigenvalue weighted by molar-refractivity contribution is 0.403. The van der Waals surface area contributed by atoms with Gasteiger partial charge in [0.15, 0.2) is 0 Å². The van der Waals surface area contributed by atoms with E-state index in [2.05, 4.69) is 65.6 Å². The molecule has 20 heavy (non-hydrogen) atoms. The highest BCUT2D eigenvalue weighted by atomic mass is 79.9. The van der Waals surface area contributed by atoms with Crippen molar-refractivity contribution in [1.29, 1.82) is 0 Å². The molecule has 0 aliphatic rings. The van der Waals surface area contributed by atoms with Crippen molar-refractivity contribution in [1.82, 2.24) is 5.32 Å². The van der Waals surface area contributed by atoms with Gasteiger partial charge in [-0.25, -0.2) is 0 Å². The zero-order chi connectivity index (χ0) is 14.7. The van der Waals surface area contributed by atoms with Gasteiger partial charge in [-0.1, -0.05) is 13.0 Å². The van der Waals surface area contributed by atoms with Gasteiger partial charge < -0.3 is 10.1 Å². The van der Waals surface area contributed by atoms with Crippen molar-refractivity contribution in [2.75, 3.05) is 13.7 Å². The molecule has 1 unspecified atom stereocenters. The number of hydrogen-bond donors (Lipinski definition) is 1. The molecular weight excluding hydrogens is 334 g/mol. The average Bonchev–Trinajstić information content (AvgIpc) is 2.82. The molecular formula is C16H20BrNOS. The molecule has 1 N–H and O–H groups in total. The van der Waals surface area contributed by atoms with Crippen LogP contribution in [0, 0.1) is 13.8 Å². The first-order valence-corrected chi connectivity index (χ1v) is 8.36. The molecule has 1 aromatic heterocycles. The first kappa shape index (κ1) is 15.5. The Kier molecular flexibility index (Phi) is 5.24. The van der Waals surface area contributed by atoms with E-state index >= 15 is 0 Å². The Bertz CT molecular complexity index is 594. The van der Waals surface area contributed by atoms with Gasteiger partial charge in [-0.3, -0.25) is 0 Å². The van der Waals surface area contributed by atoms with Crippen LogP contribution < -0.4 is 10.1 Å². The second-order valence-corrected chi connectivity index (χ2v) is 6.71. The third-order valence-corrected chi connectivity index (χ3v) is 5.04. The lowest BCUT2D eigenvalue weighted by Gasteiger charge is -2.22. The summed E-state index contributed by atoms with van der Waals surface area (Å²) in [5.74, 6) is 0.956. The maximum atomic E-state index is 5.62. The van der Waals surface area contributed by atoms with Gasteiger partial charge in [0, 0.05) is 20.3 Å². The molecule has 1 aromatic carbocycles. The molecule has 1 heterocycles. The molecule has 0 aliphatic carbocycles. The number of rotatable bonds is 5. The van der Waals surface area contributed by atoms with Crippen molar-refractivity contribution >= 4 is 27.3 Å². The third kappa shape index (κ3) is 3.25. The maximum Gasteiger partial charge on any atom is 0.124 e. The van der Waals surface area contributed by atoms with Gasteiger partial charge in [0.1, 0.15) is 5.75 Å². The molecule has 0 fully saturated rings. The highest BCUT2D eigenvalue weighted by Gasteiger charge is 2.21. The van der Waals surface area contributed by atoms with Crippen LogP contribution >= 0.6 is 27.3 Å². The van der Waals surface area contributed by atoms with E-state index in [0.29, 0.717) is 0 Å². The van der Waals surface area contributed by atoms with E-state index in [0.717, 1.165) is 16.8 Å². The number of methoxy groups -OCH3 is 1. The van der Waals surface area contributed by atoms with Crippen molar-refractivity contribution in [3.63, 3.8) is 0 Å². The van der Waals surface area contributed by atoms with Crippen LogP contribution in [0.15, 0.2) is 28.1 Å². The van der Waals surface area contributed by atoms with Crippen LogP contribution in [0.2, 0.25) is 0 Å². The summed E-state index contributed by atoms with van der Waals surface area (Å²) in [6, 6.07) is 6.67. The van der Waals surface area contributed by atoms with Crippen molar-refractivity contribution in [3.8, 4) is 5.75 Å². The molecule has 108 valence electrons. The molecule has 0 saturated heterocycles. The minimum absolute atomic E-state index is 0.173. The van der Waals surface area contributed by atoms with E-state index in [1.807, 2.05) is 0 Å². The first-order valence-electron chi connectivity index (χ1n) is 6.69. The number of halogens is 1. The van der Waals surface area contributed by atoms with Gasteiger partial charge >= 0.3 is 0 Å². The second-order valence-electron chi connectivity index (χ2n) is 4.86. The Labute approximate surface area is 133 Å². The SMILES string of the molecule is CCNC(c1cc(Br)cs1)c1c(C)cc(C)cc1OC. The molecule has 0 amide bonds. The Morgan fingerprint density at radius 2 is 2.05 bits per heavy atom. The van der Waals surface area contributed by atoms with Crippen molar-refractivity contribution < 1.29 is 4.74 Å². The number of thiophene rings is 1. The van der Waals surface area contributed by atoms with E-state index in [4.69, 9.17) is 4.74 Å². The van der Waals surface area contributed by atoms with Crippen LogP contribution in [-0.2, 0) is 0 Å². The smallest absolute Gasteiger partial charge is 0.124 e. The molecule has 2 rings (SSSR count). The fourth-order valence-corrected chi connectivity index (χ4v) is 4.03. The molecule has 0 aliphatic heterocycles. The number of ether oxygens (including phenoxy) is 1. The first-order chi connectivity index (χ1) is 9.56. The Morgan fingerprint density at radius 3 is 2.60 bits per heavy atom. The number of aryl methyl sites for hydroxylation is 2. The normalized spacial score (nSPS) is 12.4. The van der Waals surface area contributed by atoms with Crippen LogP contribution in [0.25, 0.3) is 0 Å². The highest BCUT2D eigenvalue weighted by Crippen LogP contribution is 2.37. The Balaban J connectivity index is 2.54. The zero-order valence-corrected chi connectivity index (χ0v) is 14.7. The van der Waals surface area contributed by atoms with Crippen molar-refractivity contribution in [2.45, 2.75) is 26.8 Å². The second kappa shape index (κ2) is 6.74. The lowest BCUT2D eigenvalue weighted by Crippen LogP contribution is -2.22. The molecule has 1 atom stereocenters. The summed E-state index contributed by atoms with van der Waals surface area (Å²) < 4.78 is 6.74. The largest absolute Gasteiger partial charge is 0.496 e. The molecule has 2 nitrogen and oxygen atoms in total. The number of nitrogens with one attached hydrogen (secondary N) is 1. The topological polar surface area (TPSA) is 21.3 Å². The van der Waals surface area contributed by atoms with Crippen LogP contribution in [0.1, 0.15) is 34.5 Å². The standard InChI is InChI=1S/C16H20BrNOS/c1-5-18-16(14-8-12(17)9-20-14)15-11(3)6-10(2)7-13(15)19-4/h6-9,16,18H,5H2,1-4H3. The zero-order valence-electron chi connectivity index (χ0n) is 12.3. The van der Waals surface area contributed by atoms with Crippen LogP contribution in [0.4, 0.5) is 0 Å². The third-order valence-electron chi connectivity index (χ3n) is 3.28. The lowest BCUT2D eigenvalue weighted by atomic mass is 9.96. The van der Waals surface area contributed by atoms with E-state index in [-0.39, 0.29) is 6.04 Å². The highest BCUT2D eigenvalue weighted by molar-refractivity contribution is 9.10. The van der Waals surface area contributed by atoms with Gasteiger partial charge in [0.2, 0.25) is 0 Å². The summed E-state index contributed by atoms with van der Waals surface area (Å²) in [6.07, 6.45) is 0. The monoisotopic (exact) mass is 353 g/mol. The van der Waals surface area contributed by atoms with Gasteiger partial charge in [0.25, 0.3) is 0 Å². The molecule has 0 saturated carbocycles. The molecule has 4 heteroatoms. The Morgan fingerprint density at radius 1 is 1.30 bits per heavy atom. The summed E-state index contributed by atoms with van der Waals surface area (Å²) >= 11 is 5.30. The average molecular weight is 354 g/mol. The van der Waals surface area contributed by atoms with E-state index in [9.17, 15) is 0 Å². The fourth-order valence-electron chi connectivity index (χ4n) is 2.51. The van der Waals surface area contributed by atoms with E-state index < -0.39 is 0 Å². The van der Waals surface area contributed by atoms with Crippen molar-refractivity contribution in [2.24, 2.45) is 0 Å². The summed E-state index contributed by atoms with van der Waals surface area (Å²) in [4.78, 5) is 1.30. The Hall–Kier alpha value is -0.840. The fraction of sp³-hybridized carbons (Fsp3) is 0.375. The quantitative estimate of drug-likeness (QED) is 0.830. The number of benzene rings is 1. The molecule has 2 aromatic rings. The van der Waals surface area contributed by atoms with E-state index in [1.54, 1.807) is 18.4 Å². The molecule has 0 bridgehead atoms. The summed E-state index contributed by atoms with van der Waals surface area (Å²) in [5, 5.41) is 5.69. The molecule has 0 spiro atoms. The van der Waals surface area contributed by atoms with Gasteiger partial charge in [0.05, 0.1) is 13.2 Å². The predicted octanol–water partition coefficient (Wildman–Crippen LogP) is 4.83. The van der Waals surface area contributed by atoms with Crippen molar-refractivity contribution in [3.05, 3.63) is 49.6 Å². The van der Waals surface area contributed by atoms with E-state index in [1.165, 1.54) is 21.6 Å². The van der Waals surface area contributed by atoms with Gasteiger partial charge in [-0.2, -0.15) is 0 Å². The van der Waals surface area contributed by atoms with Crippen LogP contribution in [0.5, 0.6) is 5.75 Å². The van der Waals surface area contributed by atoms with Gasteiger partial charge in [-0.15, -0.1) is 11.3 Å². The summed E-state index contributed by atoms with van der Waals surface area (Å²) in [7, 11) is 1.74. The minimum atomic E-state index is 0.173. The summed E-state index contributed by atoms with van der Waals surface area (Å²) in [5.41, 5.74) is 3.72. The number of hydrogen-bond acceptors (Lipinski definition) is 3. The van der Waals surface area contributed by atoms with Crippen LogP contribution in [-0.4, -0.2) is 13.7 Å². The summed E-state index contributed by atoms with van der Waals surface area (Å²) in [6.45, 7) is 7.30. The minimum Gasteiger partial charge on any atom is -0.496 e.